The second-order valence-corrected chi connectivity index (χ2v) is 7.14. The lowest BCUT2D eigenvalue weighted by molar-refractivity contribution is 0.411. The third-order valence-corrected chi connectivity index (χ3v) is 5.59. The van der Waals surface area contributed by atoms with Crippen LogP contribution >= 0.6 is 0 Å². The minimum Gasteiger partial charge on any atom is -0.497 e. The molecule has 4 aromatic rings. The van der Waals surface area contributed by atoms with Crippen molar-refractivity contribution in [1.29, 1.82) is 0 Å². The molecule has 0 aliphatic heterocycles. The van der Waals surface area contributed by atoms with Crippen molar-refractivity contribution in [2.45, 2.75) is 11.8 Å². The average molecular weight is 400 g/mol. The van der Waals surface area contributed by atoms with Gasteiger partial charge in [0.15, 0.2) is 5.82 Å². The monoisotopic (exact) mass is 400 g/mol. The summed E-state index contributed by atoms with van der Waals surface area (Å²) in [7, 11) is 3.36. The van der Waals surface area contributed by atoms with Gasteiger partial charge in [0, 0.05) is 23.1 Å². The molecule has 2 aromatic carbocycles. The van der Waals surface area contributed by atoms with Gasteiger partial charge >= 0.3 is 0 Å². The van der Waals surface area contributed by atoms with Crippen molar-refractivity contribution >= 4 is 6.08 Å². The molecule has 2 aromatic heterocycles. The number of rotatable bonds is 5. The normalized spacial score (nSPS) is 14.3. The molecule has 0 atom stereocenters. The van der Waals surface area contributed by atoms with Crippen LogP contribution in [-0.2, 0) is 11.8 Å². The number of nitrogens with one attached hydrogen (secondary N) is 1. The lowest BCUT2D eigenvalue weighted by atomic mass is 9.68. The highest BCUT2D eigenvalue weighted by atomic mass is 16.5. The van der Waals surface area contributed by atoms with Crippen LogP contribution in [0.5, 0.6) is 11.5 Å². The average Bonchev–Trinajstić information content (AvgIpc) is 3.48. The van der Waals surface area contributed by atoms with Crippen LogP contribution in [0.25, 0.3) is 11.9 Å². The molecule has 1 N–H and O–H groups in total. The van der Waals surface area contributed by atoms with E-state index in [0.717, 1.165) is 33.9 Å². The van der Waals surface area contributed by atoms with E-state index in [4.69, 9.17) is 9.47 Å². The van der Waals surface area contributed by atoms with Gasteiger partial charge in [0.05, 0.1) is 14.2 Å². The van der Waals surface area contributed by atoms with Crippen LogP contribution in [0.1, 0.15) is 22.4 Å². The van der Waals surface area contributed by atoms with Gasteiger partial charge in [-0.15, -0.1) is 5.10 Å². The lowest BCUT2D eigenvalue weighted by Gasteiger charge is -2.34. The number of fused-ring (bicyclic) bond motifs is 1. The first-order valence-electron chi connectivity index (χ1n) is 9.52. The van der Waals surface area contributed by atoms with Crippen molar-refractivity contribution in [2.75, 3.05) is 14.2 Å². The maximum absolute atomic E-state index is 5.50. The number of nitrogens with zero attached hydrogens (tertiary/aromatic N) is 5. The van der Waals surface area contributed by atoms with E-state index in [1.807, 2.05) is 24.3 Å². The molecule has 1 aliphatic rings. The molecule has 5 rings (SSSR count). The van der Waals surface area contributed by atoms with Gasteiger partial charge in [-0.2, -0.15) is 9.78 Å². The SMILES string of the molecule is COc1cccc(C2(c3cccc(OC)c3)C=Cc3c(-n4cnnn4)n[nH]c3C2)c1. The lowest BCUT2D eigenvalue weighted by Crippen LogP contribution is -2.30. The summed E-state index contributed by atoms with van der Waals surface area (Å²) in [5.41, 5.74) is 3.81. The van der Waals surface area contributed by atoms with Gasteiger partial charge in [-0.1, -0.05) is 36.4 Å². The van der Waals surface area contributed by atoms with Gasteiger partial charge in [-0.3, -0.25) is 5.10 Å². The number of tetrazole rings is 1. The zero-order valence-corrected chi connectivity index (χ0v) is 16.6. The molecular formula is C22H20N6O2. The Morgan fingerprint density at radius 2 is 1.70 bits per heavy atom. The second-order valence-electron chi connectivity index (χ2n) is 7.14. The highest BCUT2D eigenvalue weighted by Crippen LogP contribution is 2.43. The third-order valence-electron chi connectivity index (χ3n) is 5.59. The molecule has 0 saturated heterocycles. The molecule has 0 saturated carbocycles. The highest BCUT2D eigenvalue weighted by Gasteiger charge is 2.37. The topological polar surface area (TPSA) is 90.7 Å². The number of aromatic nitrogens is 6. The van der Waals surface area contributed by atoms with E-state index >= 15 is 0 Å². The standard InChI is InChI=1S/C22H20N6O2/c1-29-17-7-3-5-15(11-17)22(16-6-4-8-18(12-16)30-2)10-9-19-20(13-22)24-25-21(19)28-14-23-26-27-28/h3-12,14H,13H2,1-2H3,(H,24,25). The van der Waals surface area contributed by atoms with E-state index in [0.29, 0.717) is 12.2 Å². The Morgan fingerprint density at radius 1 is 1.00 bits per heavy atom. The Bertz CT molecular complexity index is 1160. The van der Waals surface area contributed by atoms with Gasteiger partial charge in [0.25, 0.3) is 0 Å². The number of H-pyrrole nitrogens is 1. The molecular weight excluding hydrogens is 380 g/mol. The van der Waals surface area contributed by atoms with Crippen LogP contribution < -0.4 is 9.47 Å². The van der Waals surface area contributed by atoms with Crippen molar-refractivity contribution in [1.82, 2.24) is 30.4 Å². The number of hydrogen-bond acceptors (Lipinski definition) is 6. The third kappa shape index (κ3) is 2.85. The fourth-order valence-electron chi connectivity index (χ4n) is 4.05. The van der Waals surface area contributed by atoms with Crippen molar-refractivity contribution in [3.8, 4) is 17.3 Å². The van der Waals surface area contributed by atoms with E-state index in [-0.39, 0.29) is 0 Å². The van der Waals surface area contributed by atoms with Crippen LogP contribution in [0.3, 0.4) is 0 Å². The summed E-state index contributed by atoms with van der Waals surface area (Å²) in [6.07, 6.45) is 6.52. The van der Waals surface area contributed by atoms with Crippen molar-refractivity contribution in [3.63, 3.8) is 0 Å². The van der Waals surface area contributed by atoms with Crippen LogP contribution in [0.15, 0.2) is 60.9 Å². The number of methoxy groups -OCH3 is 2. The predicted octanol–water partition coefficient (Wildman–Crippen LogP) is 2.96. The number of ether oxygens (including phenoxy) is 2. The van der Waals surface area contributed by atoms with Gasteiger partial charge < -0.3 is 9.47 Å². The van der Waals surface area contributed by atoms with Crippen LogP contribution in [0.2, 0.25) is 0 Å². The maximum Gasteiger partial charge on any atom is 0.185 e. The molecule has 0 bridgehead atoms. The minimum atomic E-state index is -0.416. The Kier molecular flexibility index (Phi) is 4.31. The Hall–Kier alpha value is -3.94. The summed E-state index contributed by atoms with van der Waals surface area (Å²) in [5.74, 6) is 2.30. The second kappa shape index (κ2) is 7.14. The molecule has 0 radical (unpaired) electrons. The van der Waals surface area contributed by atoms with Crippen molar-refractivity contribution < 1.29 is 9.47 Å². The van der Waals surface area contributed by atoms with E-state index in [1.165, 1.54) is 6.33 Å². The molecule has 150 valence electrons. The molecule has 2 heterocycles. The molecule has 8 nitrogen and oxygen atoms in total. The Labute approximate surface area is 173 Å². The fraction of sp³-hybridized carbons (Fsp3) is 0.182. The summed E-state index contributed by atoms with van der Waals surface area (Å²) in [6.45, 7) is 0. The van der Waals surface area contributed by atoms with E-state index in [1.54, 1.807) is 18.9 Å². The number of aromatic amines is 1. The zero-order chi connectivity index (χ0) is 20.6. The van der Waals surface area contributed by atoms with Crippen LogP contribution in [0, 0.1) is 0 Å². The van der Waals surface area contributed by atoms with Crippen LogP contribution in [0.4, 0.5) is 0 Å². The largest absolute Gasteiger partial charge is 0.497 e. The predicted molar refractivity (Wildman–Crippen MR) is 111 cm³/mol. The highest BCUT2D eigenvalue weighted by molar-refractivity contribution is 5.68. The molecule has 8 heteroatoms. The summed E-state index contributed by atoms with van der Waals surface area (Å²) < 4.78 is 12.6. The summed E-state index contributed by atoms with van der Waals surface area (Å²) in [4.78, 5) is 0. The maximum atomic E-state index is 5.50. The quantitative estimate of drug-likeness (QED) is 0.554. The van der Waals surface area contributed by atoms with Crippen LogP contribution in [-0.4, -0.2) is 44.6 Å². The molecule has 0 fully saturated rings. The molecule has 0 amide bonds. The first-order chi connectivity index (χ1) is 14.7. The summed E-state index contributed by atoms with van der Waals surface area (Å²) in [5, 5.41) is 19.0. The van der Waals surface area contributed by atoms with Crippen molar-refractivity contribution in [2.24, 2.45) is 0 Å². The molecule has 1 aliphatic carbocycles. The number of benzene rings is 2. The van der Waals surface area contributed by atoms with E-state index in [9.17, 15) is 0 Å². The van der Waals surface area contributed by atoms with Gasteiger partial charge in [0.2, 0.25) is 0 Å². The van der Waals surface area contributed by atoms with E-state index < -0.39 is 5.41 Å². The van der Waals surface area contributed by atoms with Crippen molar-refractivity contribution in [3.05, 3.63) is 83.3 Å². The minimum absolute atomic E-state index is 0.416. The summed E-state index contributed by atoms with van der Waals surface area (Å²) >= 11 is 0. The Balaban J connectivity index is 1.68. The van der Waals surface area contributed by atoms with Gasteiger partial charge in [-0.25, -0.2) is 0 Å². The number of allylic oxidation sites excluding steroid dienone is 1. The fourth-order valence-corrected chi connectivity index (χ4v) is 4.05. The smallest absolute Gasteiger partial charge is 0.185 e. The first-order valence-corrected chi connectivity index (χ1v) is 9.52. The Morgan fingerprint density at radius 3 is 2.30 bits per heavy atom. The number of hydrogen-bond donors (Lipinski definition) is 1. The van der Waals surface area contributed by atoms with Gasteiger partial charge in [-0.05, 0) is 45.8 Å². The molecule has 30 heavy (non-hydrogen) atoms. The van der Waals surface area contributed by atoms with Gasteiger partial charge in [0.1, 0.15) is 17.8 Å². The molecule has 0 unspecified atom stereocenters. The first kappa shape index (κ1) is 18.1. The zero-order valence-electron chi connectivity index (χ0n) is 16.6. The molecule has 0 spiro atoms. The van der Waals surface area contributed by atoms with E-state index in [2.05, 4.69) is 62.1 Å². The summed E-state index contributed by atoms with van der Waals surface area (Å²) in [6, 6.07) is 16.3.